The van der Waals surface area contributed by atoms with Crippen LogP contribution < -0.4 is 16.8 Å². The Morgan fingerprint density at radius 3 is 2.43 bits per heavy atom. The number of nitrogens with one attached hydrogen (secondary N) is 1. The highest BCUT2D eigenvalue weighted by Crippen LogP contribution is 2.29. The molecule has 0 unspecified atom stereocenters. The van der Waals surface area contributed by atoms with E-state index in [1.54, 1.807) is 0 Å². The molecule has 0 saturated carbocycles. The van der Waals surface area contributed by atoms with Crippen LogP contribution in [0.25, 0.3) is 0 Å². The van der Waals surface area contributed by atoms with Crippen molar-refractivity contribution in [3.05, 3.63) is 34.9 Å². The highest BCUT2D eigenvalue weighted by Gasteiger charge is 2.07. The second-order valence-electron chi connectivity index (χ2n) is 4.89. The van der Waals surface area contributed by atoms with Crippen LogP contribution in [0.4, 0.5) is 11.6 Å². The van der Waals surface area contributed by atoms with Gasteiger partial charge in [0, 0.05) is 28.6 Å². The predicted octanol–water partition coefficient (Wildman–Crippen LogP) is 2.94. The number of hydrogen-bond acceptors (Lipinski definition) is 6. The van der Waals surface area contributed by atoms with Crippen LogP contribution in [-0.4, -0.2) is 16.0 Å². The Bertz CT molecular complexity index is 613. The minimum atomic E-state index is 0.355. The van der Waals surface area contributed by atoms with Crippen molar-refractivity contribution in [1.82, 2.24) is 15.3 Å². The summed E-state index contributed by atoms with van der Waals surface area (Å²) in [5.74, 6) is 0.711. The maximum absolute atomic E-state index is 6.30. The summed E-state index contributed by atoms with van der Waals surface area (Å²) in [5.41, 5.74) is 12.4. The largest absolute Gasteiger partial charge is 0.383 e. The number of hydrogen-bond donors (Lipinski definition) is 3. The summed E-state index contributed by atoms with van der Waals surface area (Å²) in [7, 11) is 0. The van der Waals surface area contributed by atoms with Gasteiger partial charge in [-0.15, -0.1) is 0 Å². The second kappa shape index (κ2) is 6.98. The standard InChI is InChI=1S/C14H18ClN5S/c1-8(2)18-7-9-3-4-10(5-11(9)15)21-14-19-12(16)6-13(17)20-14/h3-6,8,18H,7H2,1-2H3,(H4,16,17,19,20). The van der Waals surface area contributed by atoms with Gasteiger partial charge in [-0.3, -0.25) is 0 Å². The van der Waals surface area contributed by atoms with Crippen LogP contribution in [0.3, 0.4) is 0 Å². The number of benzene rings is 1. The van der Waals surface area contributed by atoms with Gasteiger partial charge in [0.1, 0.15) is 11.6 Å². The average molecular weight is 324 g/mol. The van der Waals surface area contributed by atoms with E-state index in [4.69, 9.17) is 23.1 Å². The molecular formula is C14H18ClN5S. The fourth-order valence-corrected chi connectivity index (χ4v) is 2.80. The second-order valence-corrected chi connectivity index (χ2v) is 6.34. The lowest BCUT2D eigenvalue weighted by Crippen LogP contribution is -2.21. The molecule has 5 N–H and O–H groups in total. The molecule has 1 aromatic carbocycles. The van der Waals surface area contributed by atoms with Gasteiger partial charge in [-0.1, -0.05) is 31.5 Å². The molecule has 0 aliphatic heterocycles. The lowest BCUT2D eigenvalue weighted by molar-refractivity contribution is 0.589. The zero-order valence-corrected chi connectivity index (χ0v) is 13.5. The molecule has 0 radical (unpaired) electrons. The maximum Gasteiger partial charge on any atom is 0.196 e. The molecule has 2 aromatic rings. The molecule has 0 aliphatic rings. The highest BCUT2D eigenvalue weighted by molar-refractivity contribution is 7.99. The van der Waals surface area contributed by atoms with Crippen molar-refractivity contribution in [2.45, 2.75) is 36.5 Å². The van der Waals surface area contributed by atoms with E-state index in [-0.39, 0.29) is 0 Å². The van der Waals surface area contributed by atoms with Crippen molar-refractivity contribution in [2.75, 3.05) is 11.5 Å². The Labute approximate surface area is 133 Å². The van der Waals surface area contributed by atoms with Gasteiger partial charge in [0.15, 0.2) is 5.16 Å². The van der Waals surface area contributed by atoms with Crippen molar-refractivity contribution in [1.29, 1.82) is 0 Å². The van der Waals surface area contributed by atoms with E-state index in [1.165, 1.54) is 17.8 Å². The van der Waals surface area contributed by atoms with Crippen molar-refractivity contribution in [3.63, 3.8) is 0 Å². The van der Waals surface area contributed by atoms with Crippen LogP contribution in [0.5, 0.6) is 0 Å². The zero-order valence-electron chi connectivity index (χ0n) is 11.9. The molecule has 0 spiro atoms. The number of rotatable bonds is 5. The molecule has 7 heteroatoms. The van der Waals surface area contributed by atoms with Gasteiger partial charge in [0.05, 0.1) is 0 Å². The van der Waals surface area contributed by atoms with E-state index in [1.807, 2.05) is 18.2 Å². The Morgan fingerprint density at radius 2 is 1.86 bits per heavy atom. The van der Waals surface area contributed by atoms with E-state index in [0.717, 1.165) is 17.0 Å². The van der Waals surface area contributed by atoms with E-state index < -0.39 is 0 Å². The number of aromatic nitrogens is 2. The topological polar surface area (TPSA) is 89.8 Å². The van der Waals surface area contributed by atoms with Crippen molar-refractivity contribution < 1.29 is 0 Å². The van der Waals surface area contributed by atoms with Crippen molar-refractivity contribution in [2.24, 2.45) is 0 Å². The van der Waals surface area contributed by atoms with Gasteiger partial charge in [0.25, 0.3) is 0 Å². The molecule has 0 aliphatic carbocycles. The third kappa shape index (κ3) is 4.77. The molecule has 0 amide bonds. The van der Waals surface area contributed by atoms with Gasteiger partial charge >= 0.3 is 0 Å². The monoisotopic (exact) mass is 323 g/mol. The number of anilines is 2. The zero-order chi connectivity index (χ0) is 15.4. The van der Waals surface area contributed by atoms with E-state index in [0.29, 0.717) is 27.9 Å². The number of nitrogens with two attached hydrogens (primary N) is 2. The number of halogens is 1. The first-order chi connectivity index (χ1) is 9.94. The lowest BCUT2D eigenvalue weighted by Gasteiger charge is -2.10. The Morgan fingerprint density at radius 1 is 1.19 bits per heavy atom. The molecule has 0 fully saturated rings. The number of nitrogen functional groups attached to an aromatic ring is 2. The Kier molecular flexibility index (Phi) is 5.27. The summed E-state index contributed by atoms with van der Waals surface area (Å²) in [6, 6.07) is 7.81. The van der Waals surface area contributed by atoms with Gasteiger partial charge in [-0.25, -0.2) is 9.97 Å². The van der Waals surface area contributed by atoms with Crippen LogP contribution in [0.2, 0.25) is 5.02 Å². The van der Waals surface area contributed by atoms with Crippen LogP contribution in [0, 0.1) is 0 Å². The maximum atomic E-state index is 6.30. The molecule has 2 rings (SSSR count). The van der Waals surface area contributed by atoms with E-state index in [9.17, 15) is 0 Å². The van der Waals surface area contributed by atoms with Crippen molar-refractivity contribution in [3.8, 4) is 0 Å². The first-order valence-electron chi connectivity index (χ1n) is 6.53. The SMILES string of the molecule is CC(C)NCc1ccc(Sc2nc(N)cc(N)n2)cc1Cl. The molecule has 0 bridgehead atoms. The molecule has 0 atom stereocenters. The van der Waals surface area contributed by atoms with E-state index >= 15 is 0 Å². The minimum absolute atomic E-state index is 0.355. The number of nitrogens with zero attached hydrogens (tertiary/aromatic N) is 2. The predicted molar refractivity (Wildman–Crippen MR) is 88.4 cm³/mol. The van der Waals surface area contributed by atoms with Crippen LogP contribution >= 0.6 is 23.4 Å². The average Bonchev–Trinajstić information content (AvgIpc) is 2.36. The summed E-state index contributed by atoms with van der Waals surface area (Å²) >= 11 is 7.67. The summed E-state index contributed by atoms with van der Waals surface area (Å²) in [6.45, 7) is 4.93. The fraction of sp³-hybridized carbons (Fsp3) is 0.286. The van der Waals surface area contributed by atoms with Gasteiger partial charge < -0.3 is 16.8 Å². The quantitative estimate of drug-likeness (QED) is 0.733. The summed E-state index contributed by atoms with van der Waals surface area (Å²) in [5, 5.41) is 4.56. The van der Waals surface area contributed by atoms with Gasteiger partial charge in [-0.2, -0.15) is 0 Å². The Hall–Kier alpha value is -1.50. The van der Waals surface area contributed by atoms with Gasteiger partial charge in [-0.05, 0) is 29.5 Å². The first-order valence-corrected chi connectivity index (χ1v) is 7.73. The summed E-state index contributed by atoms with van der Waals surface area (Å²) in [4.78, 5) is 9.21. The van der Waals surface area contributed by atoms with Crippen molar-refractivity contribution >= 4 is 35.0 Å². The summed E-state index contributed by atoms with van der Waals surface area (Å²) < 4.78 is 0. The molecule has 0 saturated heterocycles. The van der Waals surface area contributed by atoms with Gasteiger partial charge in [0.2, 0.25) is 0 Å². The first kappa shape index (κ1) is 15.9. The molecule has 1 aromatic heterocycles. The smallest absolute Gasteiger partial charge is 0.196 e. The molecule has 112 valence electrons. The molecule has 5 nitrogen and oxygen atoms in total. The third-order valence-corrected chi connectivity index (χ3v) is 3.89. The highest BCUT2D eigenvalue weighted by atomic mass is 35.5. The van der Waals surface area contributed by atoms with E-state index in [2.05, 4.69) is 29.1 Å². The van der Waals surface area contributed by atoms with Crippen LogP contribution in [0.1, 0.15) is 19.4 Å². The van der Waals surface area contributed by atoms with Crippen LogP contribution in [-0.2, 0) is 6.54 Å². The molecule has 21 heavy (non-hydrogen) atoms. The van der Waals surface area contributed by atoms with Crippen LogP contribution in [0.15, 0.2) is 34.3 Å². The minimum Gasteiger partial charge on any atom is -0.383 e. The fourth-order valence-electron chi connectivity index (χ4n) is 1.66. The summed E-state index contributed by atoms with van der Waals surface area (Å²) in [6.07, 6.45) is 0. The third-order valence-electron chi connectivity index (χ3n) is 2.68. The lowest BCUT2D eigenvalue weighted by atomic mass is 10.2. The molecule has 1 heterocycles. The Balaban J connectivity index is 2.12. The normalized spacial score (nSPS) is 11.0. The molecular weight excluding hydrogens is 306 g/mol.